The predicted octanol–water partition coefficient (Wildman–Crippen LogP) is 0.888. The zero-order valence-electron chi connectivity index (χ0n) is 7.80. The van der Waals surface area contributed by atoms with Crippen molar-refractivity contribution < 1.29 is 12.6 Å². The molecule has 0 radical (unpaired) electrons. The van der Waals surface area contributed by atoms with Gasteiger partial charge in [-0.3, -0.25) is 4.18 Å². The highest BCUT2D eigenvalue weighted by Gasteiger charge is 2.03. The van der Waals surface area contributed by atoms with Gasteiger partial charge in [-0.05, 0) is 29.1 Å². The summed E-state index contributed by atoms with van der Waals surface area (Å²) in [6.07, 6.45) is 1.81. The van der Waals surface area contributed by atoms with Gasteiger partial charge in [-0.15, -0.1) is 0 Å². The van der Waals surface area contributed by atoms with E-state index in [1.165, 1.54) is 0 Å². The largest absolute Gasteiger partial charge is 0.361 e. The quantitative estimate of drug-likeness (QED) is 0.814. The zero-order valence-corrected chi connectivity index (χ0v) is 8.62. The summed E-state index contributed by atoms with van der Waals surface area (Å²) in [6, 6.07) is 7.38. The first-order valence-corrected chi connectivity index (χ1v) is 5.75. The van der Waals surface area contributed by atoms with Crippen LogP contribution in [0.2, 0.25) is 0 Å². The van der Waals surface area contributed by atoms with Gasteiger partial charge in [-0.25, -0.2) is 5.14 Å². The number of H-pyrrole nitrogens is 1. The molecule has 6 heteroatoms. The second-order valence-corrected chi connectivity index (χ2v) is 4.38. The number of rotatable bonds is 3. The molecule has 0 saturated heterocycles. The highest BCUT2D eigenvalue weighted by Crippen LogP contribution is 2.15. The molecular weight excluding hydrogens is 216 g/mol. The van der Waals surface area contributed by atoms with E-state index in [4.69, 9.17) is 5.14 Å². The van der Waals surface area contributed by atoms with E-state index in [0.29, 0.717) is 0 Å². The number of hydrogen-bond acceptors (Lipinski definition) is 3. The first kappa shape index (κ1) is 10.2. The first-order chi connectivity index (χ1) is 7.04. The van der Waals surface area contributed by atoms with Gasteiger partial charge in [0.25, 0.3) is 0 Å². The van der Waals surface area contributed by atoms with Gasteiger partial charge in [-0.2, -0.15) is 8.42 Å². The second kappa shape index (κ2) is 3.65. The highest BCUT2D eigenvalue weighted by atomic mass is 32.2. The van der Waals surface area contributed by atoms with E-state index in [-0.39, 0.29) is 6.61 Å². The van der Waals surface area contributed by atoms with Gasteiger partial charge in [0.1, 0.15) is 0 Å². The molecule has 0 saturated carbocycles. The van der Waals surface area contributed by atoms with Crippen molar-refractivity contribution in [1.82, 2.24) is 4.98 Å². The summed E-state index contributed by atoms with van der Waals surface area (Å²) >= 11 is 0. The van der Waals surface area contributed by atoms with E-state index in [2.05, 4.69) is 9.17 Å². The molecule has 0 bridgehead atoms. The molecule has 15 heavy (non-hydrogen) atoms. The fourth-order valence-electron chi connectivity index (χ4n) is 1.34. The number of fused-ring (bicyclic) bond motifs is 1. The first-order valence-electron chi connectivity index (χ1n) is 4.28. The van der Waals surface area contributed by atoms with Gasteiger partial charge >= 0.3 is 10.3 Å². The lowest BCUT2D eigenvalue weighted by molar-refractivity contribution is 0.309. The summed E-state index contributed by atoms with van der Waals surface area (Å²) < 4.78 is 25.6. The van der Waals surface area contributed by atoms with Crippen LogP contribution in [0.4, 0.5) is 0 Å². The van der Waals surface area contributed by atoms with E-state index in [1.807, 2.05) is 24.4 Å². The predicted molar refractivity (Wildman–Crippen MR) is 56.2 cm³/mol. The van der Waals surface area contributed by atoms with Gasteiger partial charge in [0.2, 0.25) is 0 Å². The molecule has 0 aliphatic carbocycles. The van der Waals surface area contributed by atoms with Crippen LogP contribution in [0.1, 0.15) is 5.56 Å². The average Bonchev–Trinajstić information content (AvgIpc) is 2.60. The monoisotopic (exact) mass is 226 g/mol. The second-order valence-electron chi connectivity index (χ2n) is 3.15. The van der Waals surface area contributed by atoms with Crippen LogP contribution in [0.15, 0.2) is 30.5 Å². The Morgan fingerprint density at radius 2 is 2.13 bits per heavy atom. The molecule has 3 N–H and O–H groups in total. The standard InChI is InChI=1S/C9H10N2O3S/c10-15(12,13)14-6-7-1-2-9-8(5-7)3-4-11-9/h1-5,11H,6H2,(H2,10,12,13). The molecule has 0 fully saturated rings. The van der Waals surface area contributed by atoms with Crippen molar-refractivity contribution >= 4 is 21.2 Å². The van der Waals surface area contributed by atoms with Crippen LogP contribution in [0.25, 0.3) is 10.9 Å². The molecule has 0 amide bonds. The van der Waals surface area contributed by atoms with Crippen LogP contribution in [0.5, 0.6) is 0 Å². The third-order valence-corrected chi connectivity index (χ3v) is 2.45. The fourth-order valence-corrected chi connectivity index (χ4v) is 1.64. The Morgan fingerprint density at radius 1 is 1.33 bits per heavy atom. The van der Waals surface area contributed by atoms with Crippen LogP contribution in [-0.2, 0) is 21.1 Å². The number of aromatic amines is 1. The molecular formula is C9H10N2O3S. The number of aromatic nitrogens is 1. The Balaban J connectivity index is 2.21. The molecule has 1 heterocycles. The Bertz CT molecular complexity index is 574. The summed E-state index contributed by atoms with van der Waals surface area (Å²) in [4.78, 5) is 3.04. The van der Waals surface area contributed by atoms with Crippen molar-refractivity contribution in [1.29, 1.82) is 0 Å². The lowest BCUT2D eigenvalue weighted by Crippen LogP contribution is -2.15. The summed E-state index contributed by atoms with van der Waals surface area (Å²) in [7, 11) is -3.87. The van der Waals surface area contributed by atoms with E-state index >= 15 is 0 Å². The number of nitrogens with two attached hydrogens (primary N) is 1. The average molecular weight is 226 g/mol. The van der Waals surface area contributed by atoms with Crippen LogP contribution in [-0.4, -0.2) is 13.4 Å². The van der Waals surface area contributed by atoms with Crippen molar-refractivity contribution in [2.45, 2.75) is 6.61 Å². The van der Waals surface area contributed by atoms with Gasteiger partial charge in [0.05, 0.1) is 6.61 Å². The van der Waals surface area contributed by atoms with Crippen molar-refractivity contribution in [3.05, 3.63) is 36.0 Å². The van der Waals surface area contributed by atoms with Gasteiger partial charge < -0.3 is 4.98 Å². The Morgan fingerprint density at radius 3 is 2.87 bits per heavy atom. The summed E-state index contributed by atoms with van der Waals surface area (Å²) in [5, 5.41) is 5.72. The summed E-state index contributed by atoms with van der Waals surface area (Å²) in [6.45, 7) is -0.0417. The van der Waals surface area contributed by atoms with Gasteiger partial charge in [0, 0.05) is 11.7 Å². The zero-order chi connectivity index (χ0) is 10.9. The third kappa shape index (κ3) is 2.56. The Kier molecular flexibility index (Phi) is 2.47. The molecule has 0 unspecified atom stereocenters. The van der Waals surface area contributed by atoms with Gasteiger partial charge in [-0.1, -0.05) is 6.07 Å². The minimum Gasteiger partial charge on any atom is -0.361 e. The maximum Gasteiger partial charge on any atom is 0.333 e. The molecule has 2 rings (SSSR count). The molecule has 0 aliphatic rings. The van der Waals surface area contributed by atoms with Crippen LogP contribution >= 0.6 is 0 Å². The Labute approximate surface area is 87.1 Å². The summed E-state index contributed by atoms with van der Waals surface area (Å²) in [5.74, 6) is 0. The van der Waals surface area contributed by atoms with Crippen molar-refractivity contribution in [2.24, 2.45) is 5.14 Å². The highest BCUT2D eigenvalue weighted by molar-refractivity contribution is 7.84. The molecule has 0 atom stereocenters. The number of benzene rings is 1. The van der Waals surface area contributed by atoms with Gasteiger partial charge in [0.15, 0.2) is 0 Å². The minimum atomic E-state index is -3.87. The third-order valence-electron chi connectivity index (χ3n) is 2.01. The number of hydrogen-bond donors (Lipinski definition) is 2. The molecule has 2 aromatic rings. The van der Waals surface area contributed by atoms with E-state index in [0.717, 1.165) is 16.5 Å². The maximum atomic E-state index is 10.6. The van der Waals surface area contributed by atoms with E-state index in [1.54, 1.807) is 6.07 Å². The van der Waals surface area contributed by atoms with Crippen molar-refractivity contribution in [3.8, 4) is 0 Å². The molecule has 0 aliphatic heterocycles. The lowest BCUT2D eigenvalue weighted by atomic mass is 10.2. The summed E-state index contributed by atoms with van der Waals surface area (Å²) in [5.41, 5.74) is 1.76. The molecule has 1 aromatic heterocycles. The lowest BCUT2D eigenvalue weighted by Gasteiger charge is -2.01. The SMILES string of the molecule is NS(=O)(=O)OCc1ccc2[nH]ccc2c1. The number of nitrogens with one attached hydrogen (secondary N) is 1. The van der Waals surface area contributed by atoms with E-state index in [9.17, 15) is 8.42 Å². The van der Waals surface area contributed by atoms with E-state index < -0.39 is 10.3 Å². The molecule has 0 spiro atoms. The topological polar surface area (TPSA) is 85.2 Å². The smallest absolute Gasteiger partial charge is 0.333 e. The molecule has 80 valence electrons. The van der Waals surface area contributed by atoms with Crippen molar-refractivity contribution in [3.63, 3.8) is 0 Å². The molecule has 5 nitrogen and oxygen atoms in total. The molecule has 1 aromatic carbocycles. The Hall–Kier alpha value is -1.37. The van der Waals surface area contributed by atoms with Crippen LogP contribution in [0, 0.1) is 0 Å². The fraction of sp³-hybridized carbons (Fsp3) is 0.111. The normalized spacial score (nSPS) is 12.1. The maximum absolute atomic E-state index is 10.6. The van der Waals surface area contributed by atoms with Crippen LogP contribution in [0.3, 0.4) is 0 Å². The minimum absolute atomic E-state index is 0.0417. The van der Waals surface area contributed by atoms with Crippen molar-refractivity contribution in [2.75, 3.05) is 0 Å². The van der Waals surface area contributed by atoms with Crippen LogP contribution < -0.4 is 5.14 Å².